The normalized spacial score (nSPS) is 13.1. The first-order chi connectivity index (χ1) is 10.7. The lowest BCUT2D eigenvalue weighted by Crippen LogP contribution is -2.29. The van der Waals surface area contributed by atoms with Crippen molar-refractivity contribution < 1.29 is 15.1 Å². The maximum absolute atomic E-state index is 11.3. The third-order valence-electron chi connectivity index (χ3n) is 3.31. The molecule has 2 N–H and O–H groups in total. The van der Waals surface area contributed by atoms with E-state index in [1.807, 2.05) is 6.07 Å². The Labute approximate surface area is 135 Å². The Hall–Kier alpha value is -2.37. The molecule has 0 spiro atoms. The molecule has 0 saturated heterocycles. The third-order valence-corrected chi connectivity index (χ3v) is 3.31. The monoisotopic (exact) mass is 322 g/mol. The van der Waals surface area contributed by atoms with Gasteiger partial charge in [-0.2, -0.15) is 5.26 Å². The van der Waals surface area contributed by atoms with Crippen LogP contribution >= 0.6 is 0 Å². The smallest absolute Gasteiger partial charge is 0.293 e. The highest BCUT2D eigenvalue weighted by molar-refractivity contribution is 5.75. The van der Waals surface area contributed by atoms with Gasteiger partial charge < -0.3 is 20.0 Å². The van der Waals surface area contributed by atoms with Crippen LogP contribution in [0.3, 0.4) is 0 Å². The molecule has 0 radical (unpaired) electrons. The Morgan fingerprint density at radius 3 is 2.04 bits per heavy atom. The molecule has 0 heterocycles. The van der Waals surface area contributed by atoms with Crippen molar-refractivity contribution in [3.63, 3.8) is 0 Å². The molecule has 2 atom stereocenters. The van der Waals surface area contributed by atoms with Gasteiger partial charge in [-0.3, -0.25) is 10.1 Å². The van der Waals surface area contributed by atoms with Crippen molar-refractivity contribution in [2.24, 2.45) is 0 Å². The lowest BCUT2D eigenvalue weighted by atomic mass is 10.1. The van der Waals surface area contributed by atoms with E-state index in [1.165, 1.54) is 6.07 Å². The molecule has 0 bridgehead atoms. The molecule has 0 fully saturated rings. The zero-order valence-electron chi connectivity index (χ0n) is 13.7. The molecule has 0 aliphatic heterocycles. The number of nitrogens with zero attached hydrogens (tertiary/aromatic N) is 4. The second-order valence-corrected chi connectivity index (χ2v) is 5.69. The van der Waals surface area contributed by atoms with Crippen LogP contribution in [0.4, 0.5) is 17.1 Å². The number of hydrogen-bond acceptors (Lipinski definition) is 7. The van der Waals surface area contributed by atoms with Gasteiger partial charge in [0.2, 0.25) is 0 Å². The molecule has 1 rings (SSSR count). The van der Waals surface area contributed by atoms with Gasteiger partial charge in [-0.25, -0.2) is 0 Å². The van der Waals surface area contributed by atoms with Gasteiger partial charge >= 0.3 is 0 Å². The van der Waals surface area contributed by atoms with Crippen LogP contribution in [0, 0.1) is 21.4 Å². The molecule has 0 saturated carbocycles. The third kappa shape index (κ3) is 4.81. The van der Waals surface area contributed by atoms with Gasteiger partial charge in [-0.1, -0.05) is 0 Å². The van der Waals surface area contributed by atoms with Crippen LogP contribution in [0.15, 0.2) is 12.1 Å². The maximum Gasteiger partial charge on any atom is 0.293 e. The van der Waals surface area contributed by atoms with E-state index in [9.17, 15) is 25.6 Å². The predicted molar refractivity (Wildman–Crippen MR) is 87.7 cm³/mol. The SMILES string of the molecule is C[C@H](O)CN(C)c1cc(N(C)C[C@H](C)O)c([N+](=O)[O-])cc1C#N. The number of aliphatic hydroxyl groups is 2. The van der Waals surface area contributed by atoms with Crippen LogP contribution in [0.2, 0.25) is 0 Å². The van der Waals surface area contributed by atoms with Gasteiger partial charge in [0, 0.05) is 33.3 Å². The summed E-state index contributed by atoms with van der Waals surface area (Å²) in [4.78, 5) is 14.0. The molecule has 0 aliphatic rings. The standard InChI is InChI=1S/C15H22N4O4/c1-10(20)8-17(3)13-6-14(18(4)9-11(2)21)15(19(22)23)5-12(13)7-16/h5-6,10-11,20-21H,8-9H2,1-4H3/t10-,11-/m0/s1. The molecule has 1 aromatic carbocycles. The summed E-state index contributed by atoms with van der Waals surface area (Å²) in [5.74, 6) is 0. The van der Waals surface area contributed by atoms with Crippen LogP contribution in [0.5, 0.6) is 0 Å². The summed E-state index contributed by atoms with van der Waals surface area (Å²) in [5.41, 5.74) is 0.765. The number of hydrogen-bond donors (Lipinski definition) is 2. The summed E-state index contributed by atoms with van der Waals surface area (Å²) in [7, 11) is 3.34. The highest BCUT2D eigenvalue weighted by atomic mass is 16.6. The van der Waals surface area contributed by atoms with Gasteiger partial charge in [-0.15, -0.1) is 0 Å². The average molecular weight is 322 g/mol. The average Bonchev–Trinajstić information content (AvgIpc) is 2.44. The molecule has 8 heteroatoms. The molecule has 23 heavy (non-hydrogen) atoms. The second kappa shape index (κ2) is 7.76. The summed E-state index contributed by atoms with van der Waals surface area (Å²) < 4.78 is 0. The Bertz CT molecular complexity index is 610. The zero-order chi connectivity index (χ0) is 17.7. The minimum absolute atomic E-state index is 0.161. The minimum Gasteiger partial charge on any atom is -0.392 e. The molecule has 0 unspecified atom stereocenters. The fraction of sp³-hybridized carbons (Fsp3) is 0.533. The zero-order valence-corrected chi connectivity index (χ0v) is 13.7. The van der Waals surface area contributed by atoms with Gasteiger partial charge in [0.05, 0.1) is 28.4 Å². The number of rotatable bonds is 7. The fourth-order valence-corrected chi connectivity index (χ4v) is 2.41. The lowest BCUT2D eigenvalue weighted by molar-refractivity contribution is -0.384. The summed E-state index contributed by atoms with van der Waals surface area (Å²) in [6.45, 7) is 3.71. The Morgan fingerprint density at radius 2 is 1.65 bits per heavy atom. The van der Waals surface area contributed by atoms with Crippen LogP contribution in [0.1, 0.15) is 19.4 Å². The largest absolute Gasteiger partial charge is 0.392 e. The summed E-state index contributed by atoms with van der Waals surface area (Å²) in [6, 6.07) is 4.72. The Morgan fingerprint density at radius 1 is 1.17 bits per heavy atom. The topological polar surface area (TPSA) is 114 Å². The first kappa shape index (κ1) is 18.7. The summed E-state index contributed by atoms with van der Waals surface area (Å²) >= 11 is 0. The fourth-order valence-electron chi connectivity index (χ4n) is 2.41. The lowest BCUT2D eigenvalue weighted by Gasteiger charge is -2.26. The first-order valence-corrected chi connectivity index (χ1v) is 7.18. The number of aliphatic hydroxyl groups excluding tert-OH is 2. The van der Waals surface area contributed by atoms with Crippen LogP contribution in [-0.4, -0.2) is 54.5 Å². The van der Waals surface area contributed by atoms with E-state index in [4.69, 9.17) is 0 Å². The highest BCUT2D eigenvalue weighted by Gasteiger charge is 2.23. The first-order valence-electron chi connectivity index (χ1n) is 7.18. The van der Waals surface area contributed by atoms with Crippen molar-refractivity contribution in [1.29, 1.82) is 5.26 Å². The van der Waals surface area contributed by atoms with Crippen molar-refractivity contribution in [2.45, 2.75) is 26.1 Å². The van der Waals surface area contributed by atoms with Crippen LogP contribution < -0.4 is 9.80 Å². The van der Waals surface area contributed by atoms with E-state index < -0.39 is 17.1 Å². The minimum atomic E-state index is -0.658. The van der Waals surface area contributed by atoms with E-state index >= 15 is 0 Å². The Balaban J connectivity index is 3.42. The quantitative estimate of drug-likeness (QED) is 0.570. The van der Waals surface area contributed by atoms with E-state index in [0.717, 1.165) is 0 Å². The molecule has 8 nitrogen and oxygen atoms in total. The van der Waals surface area contributed by atoms with Crippen molar-refractivity contribution in [3.05, 3.63) is 27.8 Å². The van der Waals surface area contributed by atoms with E-state index in [0.29, 0.717) is 11.4 Å². The van der Waals surface area contributed by atoms with Gasteiger partial charge in [-0.05, 0) is 19.9 Å². The number of nitro benzene ring substituents is 1. The highest BCUT2D eigenvalue weighted by Crippen LogP contribution is 2.35. The molecule has 0 aliphatic carbocycles. The van der Waals surface area contributed by atoms with E-state index in [2.05, 4.69) is 0 Å². The van der Waals surface area contributed by atoms with Crippen LogP contribution in [-0.2, 0) is 0 Å². The van der Waals surface area contributed by atoms with Gasteiger partial charge in [0.25, 0.3) is 5.69 Å². The summed E-state index contributed by atoms with van der Waals surface area (Å²) in [5, 5.41) is 39.6. The molecule has 0 aromatic heterocycles. The Kier molecular flexibility index (Phi) is 6.30. The van der Waals surface area contributed by atoms with Crippen molar-refractivity contribution in [3.8, 4) is 6.07 Å². The predicted octanol–water partition coefficient (Wildman–Crippen LogP) is 1.10. The van der Waals surface area contributed by atoms with Gasteiger partial charge in [0.1, 0.15) is 11.8 Å². The molecule has 1 aromatic rings. The summed E-state index contributed by atoms with van der Waals surface area (Å²) in [6.07, 6.45) is -1.27. The molecule has 126 valence electrons. The number of likely N-dealkylation sites (N-methyl/N-ethyl adjacent to an activating group) is 2. The van der Waals surface area contributed by atoms with E-state index in [1.54, 1.807) is 43.8 Å². The number of benzene rings is 1. The van der Waals surface area contributed by atoms with Crippen molar-refractivity contribution in [1.82, 2.24) is 0 Å². The van der Waals surface area contributed by atoms with Crippen molar-refractivity contribution in [2.75, 3.05) is 37.0 Å². The molecular weight excluding hydrogens is 300 g/mol. The maximum atomic E-state index is 11.3. The number of nitriles is 1. The number of nitro groups is 1. The van der Waals surface area contributed by atoms with Gasteiger partial charge in [0.15, 0.2) is 0 Å². The molecule has 0 amide bonds. The van der Waals surface area contributed by atoms with Crippen molar-refractivity contribution >= 4 is 17.1 Å². The van der Waals surface area contributed by atoms with E-state index in [-0.39, 0.29) is 24.3 Å². The second-order valence-electron chi connectivity index (χ2n) is 5.69. The number of anilines is 2. The molecular formula is C15H22N4O4. The van der Waals surface area contributed by atoms with Crippen LogP contribution in [0.25, 0.3) is 0 Å².